The van der Waals surface area contributed by atoms with E-state index < -0.39 is 18.0 Å². The lowest BCUT2D eigenvalue weighted by molar-refractivity contribution is -0.120. The van der Waals surface area contributed by atoms with E-state index in [9.17, 15) is 9.18 Å². The molecule has 9 nitrogen and oxygen atoms in total. The summed E-state index contributed by atoms with van der Waals surface area (Å²) in [6.07, 6.45) is 5.01. The van der Waals surface area contributed by atoms with Crippen LogP contribution in [0.5, 0.6) is 0 Å². The fourth-order valence-electron chi connectivity index (χ4n) is 4.61. The molecule has 3 aliphatic heterocycles. The number of allylic oxidation sites excluding steroid dienone is 3. The van der Waals surface area contributed by atoms with E-state index in [1.807, 2.05) is 5.01 Å². The Hall–Kier alpha value is -2.30. The number of hydrogen-bond acceptors (Lipinski definition) is 7. The highest BCUT2D eigenvalue weighted by Gasteiger charge is 2.41. The highest BCUT2D eigenvalue weighted by molar-refractivity contribution is 6.04. The zero-order chi connectivity index (χ0) is 22.0. The van der Waals surface area contributed by atoms with Gasteiger partial charge in [0.15, 0.2) is 0 Å². The van der Waals surface area contributed by atoms with Gasteiger partial charge in [0.05, 0.1) is 24.8 Å². The van der Waals surface area contributed by atoms with Crippen molar-refractivity contribution < 1.29 is 9.18 Å². The van der Waals surface area contributed by atoms with Gasteiger partial charge in [0, 0.05) is 45.2 Å². The number of primary amides is 1. The summed E-state index contributed by atoms with van der Waals surface area (Å²) < 4.78 is 13.3. The molecule has 4 aliphatic rings. The van der Waals surface area contributed by atoms with Crippen LogP contribution in [0, 0.1) is 5.92 Å². The maximum absolute atomic E-state index is 13.3. The predicted octanol–water partition coefficient (Wildman–Crippen LogP) is -0.376. The minimum absolute atomic E-state index is 0.0199. The van der Waals surface area contributed by atoms with E-state index in [-0.39, 0.29) is 18.5 Å². The summed E-state index contributed by atoms with van der Waals surface area (Å²) in [7, 11) is 0. The lowest BCUT2D eigenvalue weighted by Crippen LogP contribution is -2.61. The summed E-state index contributed by atoms with van der Waals surface area (Å²) in [6.45, 7) is 7.90. The lowest BCUT2D eigenvalue weighted by atomic mass is 9.99. The van der Waals surface area contributed by atoms with Crippen LogP contribution in [0.1, 0.15) is 19.8 Å². The molecule has 2 fully saturated rings. The van der Waals surface area contributed by atoms with Crippen LogP contribution in [0.4, 0.5) is 4.39 Å². The van der Waals surface area contributed by atoms with Gasteiger partial charge in [0.2, 0.25) is 5.91 Å². The van der Waals surface area contributed by atoms with Crippen molar-refractivity contribution in [2.75, 3.05) is 45.8 Å². The van der Waals surface area contributed by atoms with Crippen molar-refractivity contribution in [3.05, 3.63) is 23.9 Å². The Morgan fingerprint density at radius 2 is 2.23 bits per heavy atom. The summed E-state index contributed by atoms with van der Waals surface area (Å²) in [5.74, 6) is 0.667. The zero-order valence-corrected chi connectivity index (χ0v) is 18.1. The molecule has 5 N–H and O–H groups in total. The lowest BCUT2D eigenvalue weighted by Gasteiger charge is -2.41. The van der Waals surface area contributed by atoms with Gasteiger partial charge in [-0.25, -0.2) is 14.4 Å². The Kier molecular flexibility index (Phi) is 6.68. The second kappa shape index (κ2) is 9.46. The summed E-state index contributed by atoms with van der Waals surface area (Å²) >= 11 is 0. The molecule has 4 rings (SSSR count). The average Bonchev–Trinajstić information content (AvgIpc) is 3.38. The van der Waals surface area contributed by atoms with Crippen LogP contribution in [-0.4, -0.2) is 96.5 Å². The number of carbonyl (C=O) groups is 1. The first-order valence-corrected chi connectivity index (χ1v) is 11.1. The van der Waals surface area contributed by atoms with E-state index >= 15 is 0 Å². The van der Waals surface area contributed by atoms with Crippen molar-refractivity contribution in [3.63, 3.8) is 0 Å². The minimum Gasteiger partial charge on any atom is -0.369 e. The normalized spacial score (nSPS) is 33.5. The Morgan fingerprint density at radius 1 is 1.39 bits per heavy atom. The number of likely N-dealkylation sites (tertiary alicyclic amines) is 1. The molecule has 0 radical (unpaired) electrons. The highest BCUT2D eigenvalue weighted by atomic mass is 19.1. The molecule has 10 heteroatoms. The highest BCUT2D eigenvalue weighted by Crippen LogP contribution is 2.22. The van der Waals surface area contributed by atoms with Gasteiger partial charge in [-0.1, -0.05) is 6.08 Å². The van der Waals surface area contributed by atoms with Crippen LogP contribution in [0.2, 0.25) is 0 Å². The van der Waals surface area contributed by atoms with Gasteiger partial charge in [0.25, 0.3) is 0 Å². The van der Waals surface area contributed by atoms with E-state index in [2.05, 4.69) is 32.1 Å². The fraction of sp³-hybridized carbons (Fsp3) is 0.667. The number of rotatable bonds is 6. The number of nitrogens with one attached hydrogen (secondary N) is 1. The number of piperidine rings is 1. The number of carbonyl (C=O) groups excluding carboxylic acids is 1. The third kappa shape index (κ3) is 4.97. The quantitative estimate of drug-likeness (QED) is 0.527. The van der Waals surface area contributed by atoms with Crippen LogP contribution in [-0.2, 0) is 4.79 Å². The molecular formula is C21H33FN8O. The number of aliphatic imine (C=N–C) groups is 2. The topological polar surface area (TPSA) is 116 Å². The smallest absolute Gasteiger partial charge is 0.229 e. The first-order valence-electron chi connectivity index (χ1n) is 11.1. The standard InChI is InChI=1S/C21H33FN8O/c1-2-29-10-8-25-19(29)13-28-9-7-17(23)18(12-28)30-11-16(20(24)31)21(27-30)26-15-5-3-14(22)4-6-15/h3,5-6,14,16-18H,2,4,7-13,23H2,1H3,(H2,24,31)(H,26,27)/t14?,16?,17-,18?/m1/s1. The molecule has 3 heterocycles. The van der Waals surface area contributed by atoms with Crippen molar-refractivity contribution in [2.45, 2.75) is 38.0 Å². The number of hydrazine groups is 1. The molecule has 3 unspecified atom stereocenters. The maximum atomic E-state index is 13.3. The predicted molar refractivity (Wildman–Crippen MR) is 119 cm³/mol. The van der Waals surface area contributed by atoms with Crippen molar-refractivity contribution in [1.82, 2.24) is 20.2 Å². The SMILES string of the molecule is CCN1CCN=C1CN1CC[C@@H](N)C(N2CC(C(N)=O)C(=NC3=CCC(F)C=C3)N2)C1. The average molecular weight is 433 g/mol. The van der Waals surface area contributed by atoms with Gasteiger partial charge in [-0.05, 0) is 25.5 Å². The Bertz CT molecular complexity index is 809. The molecule has 0 aromatic carbocycles. The van der Waals surface area contributed by atoms with E-state index in [0.717, 1.165) is 51.5 Å². The fourth-order valence-corrected chi connectivity index (χ4v) is 4.61. The van der Waals surface area contributed by atoms with Crippen LogP contribution >= 0.6 is 0 Å². The second-order valence-corrected chi connectivity index (χ2v) is 8.59. The summed E-state index contributed by atoms with van der Waals surface area (Å²) in [5, 5.41) is 2.00. The molecule has 0 aromatic heterocycles. The monoisotopic (exact) mass is 432 g/mol. The van der Waals surface area contributed by atoms with Crippen LogP contribution < -0.4 is 16.9 Å². The Balaban J connectivity index is 1.45. The third-order valence-electron chi connectivity index (χ3n) is 6.48. The molecule has 1 amide bonds. The molecule has 0 aromatic rings. The molecule has 31 heavy (non-hydrogen) atoms. The van der Waals surface area contributed by atoms with Crippen molar-refractivity contribution in [2.24, 2.45) is 27.4 Å². The molecule has 2 saturated heterocycles. The maximum Gasteiger partial charge on any atom is 0.229 e. The van der Waals surface area contributed by atoms with E-state index in [1.165, 1.54) is 6.08 Å². The van der Waals surface area contributed by atoms with Gasteiger partial charge in [-0.2, -0.15) is 0 Å². The van der Waals surface area contributed by atoms with E-state index in [1.54, 1.807) is 12.2 Å². The largest absolute Gasteiger partial charge is 0.369 e. The summed E-state index contributed by atoms with van der Waals surface area (Å²) in [5.41, 5.74) is 16.1. The Morgan fingerprint density at radius 3 is 2.94 bits per heavy atom. The number of nitrogens with two attached hydrogens (primary N) is 2. The number of halogens is 1. The first kappa shape index (κ1) is 21.9. The van der Waals surface area contributed by atoms with Crippen LogP contribution in [0.15, 0.2) is 33.9 Å². The van der Waals surface area contributed by atoms with Gasteiger partial charge in [-0.15, -0.1) is 0 Å². The van der Waals surface area contributed by atoms with Crippen LogP contribution in [0.25, 0.3) is 0 Å². The summed E-state index contributed by atoms with van der Waals surface area (Å²) in [4.78, 5) is 26.0. The molecular weight excluding hydrogens is 399 g/mol. The molecule has 170 valence electrons. The molecule has 1 aliphatic carbocycles. The van der Waals surface area contributed by atoms with Gasteiger partial charge >= 0.3 is 0 Å². The van der Waals surface area contributed by atoms with Crippen molar-refractivity contribution >= 4 is 17.6 Å². The summed E-state index contributed by atoms with van der Waals surface area (Å²) in [6, 6.07) is -0.00279. The van der Waals surface area contributed by atoms with Crippen molar-refractivity contribution in [1.29, 1.82) is 0 Å². The number of alkyl halides is 1. The third-order valence-corrected chi connectivity index (χ3v) is 6.48. The molecule has 0 spiro atoms. The number of amidine groups is 2. The number of hydrogen-bond donors (Lipinski definition) is 3. The van der Waals surface area contributed by atoms with Crippen molar-refractivity contribution in [3.8, 4) is 0 Å². The van der Waals surface area contributed by atoms with Gasteiger partial charge in [0.1, 0.15) is 23.8 Å². The molecule has 0 saturated carbocycles. The second-order valence-electron chi connectivity index (χ2n) is 8.59. The zero-order valence-electron chi connectivity index (χ0n) is 18.1. The molecule has 0 bridgehead atoms. The first-order chi connectivity index (χ1) is 14.9. The number of amides is 1. The van der Waals surface area contributed by atoms with Gasteiger partial charge in [-0.3, -0.25) is 14.7 Å². The van der Waals surface area contributed by atoms with E-state index in [0.29, 0.717) is 18.1 Å². The number of likely N-dealkylation sites (N-methyl/N-ethyl adjacent to an activating group) is 1. The van der Waals surface area contributed by atoms with Gasteiger partial charge < -0.3 is 21.8 Å². The number of nitrogens with zero attached hydrogens (tertiary/aromatic N) is 5. The van der Waals surface area contributed by atoms with E-state index in [4.69, 9.17) is 11.5 Å². The van der Waals surface area contributed by atoms with Crippen LogP contribution in [0.3, 0.4) is 0 Å². The molecule has 4 atom stereocenters. The Labute approximate surface area is 182 Å². The minimum atomic E-state index is -0.983.